The van der Waals surface area contributed by atoms with E-state index in [1.165, 1.54) is 64.9 Å². The van der Waals surface area contributed by atoms with Crippen LogP contribution in [0.5, 0.6) is 0 Å². The molecule has 1 amide bonds. The fourth-order valence-corrected chi connectivity index (χ4v) is 5.13. The summed E-state index contributed by atoms with van der Waals surface area (Å²) in [5.41, 5.74) is -0.702. The summed E-state index contributed by atoms with van der Waals surface area (Å²) in [6.07, 6.45) is 18.5. The number of rotatable bonds is 25. The van der Waals surface area contributed by atoms with Gasteiger partial charge in [-0.25, -0.2) is 4.79 Å². The van der Waals surface area contributed by atoms with Crippen LogP contribution in [0, 0.1) is 0 Å². The van der Waals surface area contributed by atoms with Crippen molar-refractivity contribution in [2.75, 3.05) is 13.3 Å². The van der Waals surface area contributed by atoms with Crippen molar-refractivity contribution in [2.45, 2.75) is 154 Å². The van der Waals surface area contributed by atoms with Gasteiger partial charge in [0.1, 0.15) is 11.6 Å². The van der Waals surface area contributed by atoms with Crippen LogP contribution < -0.4 is 5.32 Å². The molecule has 3 N–H and O–H groups in total. The van der Waals surface area contributed by atoms with E-state index in [0.29, 0.717) is 6.42 Å². The molecule has 0 aromatic carbocycles. The Morgan fingerprint density at radius 3 is 1.54 bits per heavy atom. The molecule has 0 aliphatic carbocycles. The van der Waals surface area contributed by atoms with Crippen LogP contribution in [0.2, 0.25) is 0 Å². The second kappa shape index (κ2) is 22.3. The largest absolute Gasteiger partial charge is 0.481 e. The van der Waals surface area contributed by atoms with Crippen LogP contribution >= 0.6 is 7.60 Å². The van der Waals surface area contributed by atoms with E-state index in [-0.39, 0.29) is 24.9 Å². The first-order valence-electron chi connectivity index (χ1n) is 15.0. The molecule has 0 spiro atoms. The minimum absolute atomic E-state index is 0.0174. The van der Waals surface area contributed by atoms with Crippen LogP contribution in [0.3, 0.4) is 0 Å². The predicted molar refractivity (Wildman–Crippen MR) is 155 cm³/mol. The standard InChI is InChI=1S/C29H56NO8P/c1-29(2,3)38-28(34)25(22-23-27(32)33)30-26(31)21-19-17-15-13-11-9-7-5-6-8-10-12-14-16-18-20-24-39(35,36)37-4/h25H,5-24H2,1-4H3,(H,30,31)(H,32,33)(H,35,36)/t25-/m0/s1. The molecule has 1 unspecified atom stereocenters. The van der Waals surface area contributed by atoms with Gasteiger partial charge in [0.15, 0.2) is 0 Å². The fourth-order valence-electron chi connectivity index (χ4n) is 4.32. The normalized spacial score (nSPS) is 14.0. The van der Waals surface area contributed by atoms with Gasteiger partial charge in [-0.05, 0) is 40.0 Å². The summed E-state index contributed by atoms with van der Waals surface area (Å²) in [7, 11) is -2.04. The average molecular weight is 578 g/mol. The zero-order valence-electron chi connectivity index (χ0n) is 25.0. The molecule has 0 aromatic heterocycles. The quantitative estimate of drug-likeness (QED) is 0.0591. The summed E-state index contributed by atoms with van der Waals surface area (Å²) in [5.74, 6) is -1.85. The molecule has 0 rings (SSSR count). The van der Waals surface area contributed by atoms with Crippen LogP contribution in [0.1, 0.15) is 143 Å². The Balaban J connectivity index is 3.67. The molecule has 39 heavy (non-hydrogen) atoms. The van der Waals surface area contributed by atoms with Crippen molar-refractivity contribution >= 4 is 25.4 Å². The number of hydrogen-bond donors (Lipinski definition) is 3. The van der Waals surface area contributed by atoms with Crippen molar-refractivity contribution in [2.24, 2.45) is 0 Å². The first-order chi connectivity index (χ1) is 18.4. The van der Waals surface area contributed by atoms with Crippen LogP contribution in [0.4, 0.5) is 0 Å². The lowest BCUT2D eigenvalue weighted by molar-refractivity contribution is -0.159. The van der Waals surface area contributed by atoms with Crippen LogP contribution in [-0.2, 0) is 28.2 Å². The maximum Gasteiger partial charge on any atom is 0.329 e. The van der Waals surface area contributed by atoms with Gasteiger partial charge in [-0.1, -0.05) is 89.9 Å². The van der Waals surface area contributed by atoms with Crippen molar-refractivity contribution < 1.29 is 38.2 Å². The monoisotopic (exact) mass is 577 g/mol. The number of aliphatic carboxylic acids is 1. The fraction of sp³-hybridized carbons (Fsp3) is 0.897. The molecule has 0 bridgehead atoms. The predicted octanol–water partition coefficient (Wildman–Crippen LogP) is 7.14. The minimum Gasteiger partial charge on any atom is -0.481 e. The average Bonchev–Trinajstić information content (AvgIpc) is 2.84. The number of carbonyl (C=O) groups is 3. The van der Waals surface area contributed by atoms with Crippen molar-refractivity contribution in [1.29, 1.82) is 0 Å². The highest BCUT2D eigenvalue weighted by Gasteiger charge is 2.27. The molecule has 0 aliphatic heterocycles. The Hall–Kier alpha value is -1.44. The van der Waals surface area contributed by atoms with Gasteiger partial charge in [-0.2, -0.15) is 0 Å². The molecular weight excluding hydrogens is 521 g/mol. The number of unbranched alkanes of at least 4 members (excludes halogenated alkanes) is 15. The van der Waals surface area contributed by atoms with Crippen LogP contribution in [0.15, 0.2) is 0 Å². The van der Waals surface area contributed by atoms with Gasteiger partial charge in [0.05, 0.1) is 0 Å². The summed E-state index contributed by atoms with van der Waals surface area (Å²) in [5, 5.41) is 11.6. The second-order valence-electron chi connectivity index (χ2n) is 11.5. The highest BCUT2D eigenvalue weighted by molar-refractivity contribution is 7.52. The molecule has 0 aromatic rings. The SMILES string of the molecule is COP(=O)(O)CCCCCCCCCCCCCCCCCCC(=O)N[C@@H](CCC(=O)O)C(=O)OC(C)(C)C. The third kappa shape index (κ3) is 25.3. The van der Waals surface area contributed by atoms with E-state index in [4.69, 9.17) is 9.84 Å². The van der Waals surface area contributed by atoms with Gasteiger partial charge < -0.3 is 24.6 Å². The lowest BCUT2D eigenvalue weighted by atomic mass is 10.0. The van der Waals surface area contributed by atoms with Gasteiger partial charge in [0.2, 0.25) is 5.91 Å². The van der Waals surface area contributed by atoms with E-state index in [0.717, 1.165) is 44.9 Å². The summed E-state index contributed by atoms with van der Waals surface area (Å²) in [6.45, 7) is 5.21. The van der Waals surface area contributed by atoms with Gasteiger partial charge in [0.25, 0.3) is 0 Å². The Bertz CT molecular complexity index is 723. The van der Waals surface area contributed by atoms with Gasteiger partial charge in [-0.15, -0.1) is 0 Å². The molecule has 0 heterocycles. The molecule has 0 fully saturated rings. The van der Waals surface area contributed by atoms with E-state index < -0.39 is 31.2 Å². The molecule has 9 nitrogen and oxygen atoms in total. The summed E-state index contributed by atoms with van der Waals surface area (Å²) < 4.78 is 21.3. The maximum atomic E-state index is 12.3. The van der Waals surface area contributed by atoms with Crippen molar-refractivity contribution in [1.82, 2.24) is 5.32 Å². The Morgan fingerprint density at radius 1 is 0.744 bits per heavy atom. The van der Waals surface area contributed by atoms with Crippen molar-refractivity contribution in [3.63, 3.8) is 0 Å². The Labute approximate surface area is 236 Å². The first-order valence-corrected chi connectivity index (χ1v) is 16.7. The number of hydrogen-bond acceptors (Lipinski definition) is 6. The van der Waals surface area contributed by atoms with Crippen molar-refractivity contribution in [3.8, 4) is 0 Å². The van der Waals surface area contributed by atoms with Crippen LogP contribution in [-0.4, -0.2) is 52.8 Å². The molecule has 0 saturated heterocycles. The number of esters is 1. The Kier molecular flexibility index (Phi) is 21.4. The maximum absolute atomic E-state index is 12.3. The van der Waals surface area contributed by atoms with E-state index in [2.05, 4.69) is 9.84 Å². The highest BCUT2D eigenvalue weighted by atomic mass is 31.2. The number of ether oxygens (including phenoxy) is 1. The number of amides is 1. The van der Waals surface area contributed by atoms with Crippen LogP contribution in [0.25, 0.3) is 0 Å². The van der Waals surface area contributed by atoms with E-state index >= 15 is 0 Å². The van der Waals surface area contributed by atoms with E-state index in [1.54, 1.807) is 20.8 Å². The second-order valence-corrected chi connectivity index (χ2v) is 13.6. The number of nitrogens with one attached hydrogen (secondary N) is 1. The third-order valence-electron chi connectivity index (χ3n) is 6.55. The number of carboxylic acids is 1. The first kappa shape index (κ1) is 37.6. The van der Waals surface area contributed by atoms with E-state index in [9.17, 15) is 23.8 Å². The lowest BCUT2D eigenvalue weighted by Crippen LogP contribution is -2.44. The zero-order valence-corrected chi connectivity index (χ0v) is 25.9. The van der Waals surface area contributed by atoms with Gasteiger partial charge >= 0.3 is 19.5 Å². The summed E-state index contributed by atoms with van der Waals surface area (Å²) in [6, 6.07) is -0.936. The van der Waals surface area contributed by atoms with Crippen molar-refractivity contribution in [3.05, 3.63) is 0 Å². The molecule has 10 heteroatoms. The van der Waals surface area contributed by atoms with Gasteiger partial charge in [0, 0.05) is 26.1 Å². The molecular formula is C29H56NO8P. The minimum atomic E-state index is -3.33. The highest BCUT2D eigenvalue weighted by Crippen LogP contribution is 2.41. The Morgan fingerprint density at radius 2 is 1.15 bits per heavy atom. The zero-order chi connectivity index (χ0) is 29.6. The third-order valence-corrected chi connectivity index (χ3v) is 8.01. The van der Waals surface area contributed by atoms with E-state index in [1.807, 2.05) is 0 Å². The molecule has 230 valence electrons. The molecule has 0 saturated carbocycles. The molecule has 2 atom stereocenters. The van der Waals surface area contributed by atoms with Gasteiger partial charge in [-0.3, -0.25) is 14.2 Å². The topological polar surface area (TPSA) is 139 Å². The summed E-state index contributed by atoms with van der Waals surface area (Å²) in [4.78, 5) is 44.9. The smallest absolute Gasteiger partial charge is 0.329 e. The number of carboxylic acid groups (broad SMARTS) is 1. The molecule has 0 radical (unpaired) electrons. The molecule has 0 aliphatic rings. The summed E-state index contributed by atoms with van der Waals surface area (Å²) >= 11 is 0. The number of carbonyl (C=O) groups excluding carboxylic acids is 2. The lowest BCUT2D eigenvalue weighted by Gasteiger charge is -2.24.